The number of rotatable bonds is 2. The molecule has 0 amide bonds. The molecule has 0 spiro atoms. The van der Waals surface area contributed by atoms with Gasteiger partial charge in [0.25, 0.3) is 0 Å². The number of halogens is 2. The Morgan fingerprint density at radius 2 is 2.06 bits per heavy atom. The van der Waals surface area contributed by atoms with Gasteiger partial charge in [0, 0.05) is 13.1 Å². The van der Waals surface area contributed by atoms with Gasteiger partial charge in [-0.05, 0) is 12.1 Å². The van der Waals surface area contributed by atoms with E-state index in [9.17, 15) is 9.18 Å². The molecule has 4 nitrogen and oxygen atoms in total. The quantitative estimate of drug-likeness (QED) is 0.883. The van der Waals surface area contributed by atoms with Crippen LogP contribution >= 0.6 is 11.6 Å². The van der Waals surface area contributed by atoms with Crippen molar-refractivity contribution >= 4 is 23.3 Å². The van der Waals surface area contributed by atoms with Crippen molar-refractivity contribution in [1.82, 2.24) is 0 Å². The lowest BCUT2D eigenvalue weighted by Crippen LogP contribution is -2.36. The molecule has 1 N–H and O–H groups in total. The maximum Gasteiger partial charge on any atom is 0.337 e. The minimum Gasteiger partial charge on any atom is -0.478 e. The fraction of sp³-hybridized carbons (Fsp3) is 0.364. The van der Waals surface area contributed by atoms with E-state index in [2.05, 4.69) is 0 Å². The number of aromatic carboxylic acids is 1. The Bertz CT molecular complexity index is 447. The number of hydrogen-bond acceptors (Lipinski definition) is 3. The number of nitrogens with zero attached hydrogens (tertiary/aromatic N) is 1. The minimum absolute atomic E-state index is 0.0420. The Morgan fingerprint density at radius 3 is 2.65 bits per heavy atom. The first-order valence-corrected chi connectivity index (χ1v) is 5.52. The Balaban J connectivity index is 2.35. The van der Waals surface area contributed by atoms with Crippen LogP contribution in [0.1, 0.15) is 10.4 Å². The van der Waals surface area contributed by atoms with Crippen molar-refractivity contribution in [3.05, 3.63) is 28.5 Å². The van der Waals surface area contributed by atoms with Crippen LogP contribution in [0.25, 0.3) is 0 Å². The van der Waals surface area contributed by atoms with Gasteiger partial charge in [-0.25, -0.2) is 9.18 Å². The third-order valence-electron chi connectivity index (χ3n) is 2.62. The van der Waals surface area contributed by atoms with Crippen molar-refractivity contribution in [2.24, 2.45) is 0 Å². The Hall–Kier alpha value is -1.33. The molecule has 0 radical (unpaired) electrons. The fourth-order valence-electron chi connectivity index (χ4n) is 1.75. The minimum atomic E-state index is -1.23. The van der Waals surface area contributed by atoms with Gasteiger partial charge in [0.15, 0.2) is 0 Å². The monoisotopic (exact) mass is 259 g/mol. The van der Waals surface area contributed by atoms with Crippen LogP contribution in [0.2, 0.25) is 5.02 Å². The average Bonchev–Trinajstić information content (AvgIpc) is 2.32. The molecule has 1 aliphatic heterocycles. The summed E-state index contributed by atoms with van der Waals surface area (Å²) in [6, 6.07) is 2.31. The molecule has 0 unspecified atom stereocenters. The summed E-state index contributed by atoms with van der Waals surface area (Å²) >= 11 is 5.81. The van der Waals surface area contributed by atoms with Crippen LogP contribution in [0.15, 0.2) is 12.1 Å². The summed E-state index contributed by atoms with van der Waals surface area (Å²) in [6.07, 6.45) is 0. The molecule has 1 aromatic rings. The highest BCUT2D eigenvalue weighted by Gasteiger charge is 2.19. The van der Waals surface area contributed by atoms with E-state index < -0.39 is 11.8 Å². The number of carbonyl (C=O) groups is 1. The van der Waals surface area contributed by atoms with Crippen LogP contribution < -0.4 is 4.90 Å². The van der Waals surface area contributed by atoms with Gasteiger partial charge in [0.05, 0.1) is 29.5 Å². The largest absolute Gasteiger partial charge is 0.478 e. The fourth-order valence-corrected chi connectivity index (χ4v) is 1.99. The summed E-state index contributed by atoms with van der Waals surface area (Å²) in [6.45, 7) is 2.19. The molecule has 1 saturated heterocycles. The Morgan fingerprint density at radius 1 is 1.41 bits per heavy atom. The first-order valence-electron chi connectivity index (χ1n) is 5.14. The van der Waals surface area contributed by atoms with Crippen molar-refractivity contribution in [2.45, 2.75) is 0 Å². The predicted molar refractivity (Wildman–Crippen MR) is 61.4 cm³/mol. The van der Waals surface area contributed by atoms with Gasteiger partial charge in [-0.3, -0.25) is 0 Å². The molecule has 0 aliphatic carbocycles. The van der Waals surface area contributed by atoms with Gasteiger partial charge in [-0.15, -0.1) is 0 Å². The van der Waals surface area contributed by atoms with Crippen molar-refractivity contribution in [1.29, 1.82) is 0 Å². The third-order valence-corrected chi connectivity index (χ3v) is 2.93. The molecule has 1 aromatic carbocycles. The lowest BCUT2D eigenvalue weighted by Gasteiger charge is -2.29. The molecule has 1 heterocycles. The van der Waals surface area contributed by atoms with E-state index in [0.29, 0.717) is 32.0 Å². The van der Waals surface area contributed by atoms with Gasteiger partial charge in [0.1, 0.15) is 5.82 Å². The number of morpholine rings is 1. The summed E-state index contributed by atoms with van der Waals surface area (Å²) in [4.78, 5) is 12.6. The van der Waals surface area contributed by atoms with Crippen LogP contribution in [0.3, 0.4) is 0 Å². The maximum absolute atomic E-state index is 13.8. The molecular formula is C11H11ClFNO3. The second-order valence-corrected chi connectivity index (χ2v) is 4.10. The first-order chi connectivity index (χ1) is 8.09. The third kappa shape index (κ3) is 2.50. The molecule has 17 heavy (non-hydrogen) atoms. The number of anilines is 1. The normalized spacial score (nSPS) is 16.0. The Labute approximate surface area is 103 Å². The molecule has 0 bridgehead atoms. The highest BCUT2D eigenvalue weighted by Crippen LogP contribution is 2.27. The lowest BCUT2D eigenvalue weighted by molar-refractivity contribution is 0.0696. The number of hydrogen-bond donors (Lipinski definition) is 1. The van der Waals surface area contributed by atoms with Gasteiger partial charge in [-0.2, -0.15) is 0 Å². The van der Waals surface area contributed by atoms with Gasteiger partial charge in [-0.1, -0.05) is 11.6 Å². The van der Waals surface area contributed by atoms with Crippen LogP contribution in [-0.2, 0) is 4.74 Å². The maximum atomic E-state index is 13.8. The smallest absolute Gasteiger partial charge is 0.337 e. The van der Waals surface area contributed by atoms with Crippen molar-refractivity contribution in [2.75, 3.05) is 31.2 Å². The topological polar surface area (TPSA) is 49.8 Å². The van der Waals surface area contributed by atoms with E-state index in [0.717, 1.165) is 6.07 Å². The van der Waals surface area contributed by atoms with Gasteiger partial charge >= 0.3 is 5.97 Å². The highest BCUT2D eigenvalue weighted by molar-refractivity contribution is 6.33. The standard InChI is InChI=1S/C11H11ClFNO3/c12-8-6-10(14-1-3-17-4-2-14)9(13)5-7(8)11(15)16/h5-6H,1-4H2,(H,15,16). The number of benzene rings is 1. The molecule has 92 valence electrons. The summed E-state index contributed by atoms with van der Waals surface area (Å²) < 4.78 is 18.9. The van der Waals surface area contributed by atoms with Crippen LogP contribution in [0.4, 0.5) is 10.1 Å². The van der Waals surface area contributed by atoms with E-state index in [4.69, 9.17) is 21.4 Å². The van der Waals surface area contributed by atoms with Crippen molar-refractivity contribution in [3.8, 4) is 0 Å². The SMILES string of the molecule is O=C(O)c1cc(F)c(N2CCOCC2)cc1Cl. The zero-order valence-corrected chi connectivity index (χ0v) is 9.71. The second-order valence-electron chi connectivity index (χ2n) is 3.69. The molecular weight excluding hydrogens is 249 g/mol. The second kappa shape index (κ2) is 4.89. The first kappa shape index (κ1) is 12.1. The molecule has 0 atom stereocenters. The molecule has 1 fully saturated rings. The number of carboxylic acids is 1. The summed E-state index contributed by atoms with van der Waals surface area (Å²) in [5, 5.41) is 8.85. The zero-order valence-electron chi connectivity index (χ0n) is 8.95. The zero-order chi connectivity index (χ0) is 12.4. The number of carboxylic acid groups (broad SMARTS) is 1. The predicted octanol–water partition coefficient (Wildman–Crippen LogP) is 2.01. The molecule has 1 aliphatic rings. The molecule has 0 aromatic heterocycles. The summed E-state index contributed by atoms with van der Waals surface area (Å²) in [7, 11) is 0. The van der Waals surface area contributed by atoms with E-state index in [1.165, 1.54) is 6.07 Å². The van der Waals surface area contributed by atoms with Crippen LogP contribution in [-0.4, -0.2) is 37.4 Å². The summed E-state index contributed by atoms with van der Waals surface area (Å²) in [5.41, 5.74) is 0.101. The van der Waals surface area contributed by atoms with Gasteiger partial charge < -0.3 is 14.7 Å². The molecule has 6 heteroatoms. The van der Waals surface area contributed by atoms with Gasteiger partial charge in [0.2, 0.25) is 0 Å². The molecule has 2 rings (SSSR count). The van der Waals surface area contributed by atoms with Crippen molar-refractivity contribution in [3.63, 3.8) is 0 Å². The van der Waals surface area contributed by atoms with E-state index in [-0.39, 0.29) is 10.6 Å². The van der Waals surface area contributed by atoms with E-state index in [1.807, 2.05) is 0 Å². The van der Waals surface area contributed by atoms with Crippen LogP contribution in [0, 0.1) is 5.82 Å². The van der Waals surface area contributed by atoms with E-state index in [1.54, 1.807) is 4.90 Å². The van der Waals surface area contributed by atoms with E-state index >= 15 is 0 Å². The highest BCUT2D eigenvalue weighted by atomic mass is 35.5. The van der Waals surface area contributed by atoms with Crippen LogP contribution in [0.5, 0.6) is 0 Å². The number of ether oxygens (including phenoxy) is 1. The summed E-state index contributed by atoms with van der Waals surface area (Å²) in [5.74, 6) is -1.81. The average molecular weight is 260 g/mol. The van der Waals surface area contributed by atoms with Crippen molar-refractivity contribution < 1.29 is 19.0 Å². The Kier molecular flexibility index (Phi) is 3.49. The molecule has 0 saturated carbocycles. The lowest BCUT2D eigenvalue weighted by atomic mass is 10.1.